The quantitative estimate of drug-likeness (QED) is 0.501. The first-order chi connectivity index (χ1) is 11.3. The Balaban J connectivity index is 1.48. The van der Waals surface area contributed by atoms with Crippen LogP contribution in [0.1, 0.15) is 5.89 Å². The number of rotatable bonds is 5. The molecule has 0 spiro atoms. The van der Waals surface area contributed by atoms with Crippen LogP contribution in [-0.2, 0) is 12.8 Å². The lowest BCUT2D eigenvalue weighted by Crippen LogP contribution is -1.94. The maximum Gasteiger partial charge on any atom is 0.237 e. The molecule has 0 aliphatic rings. The van der Waals surface area contributed by atoms with E-state index in [9.17, 15) is 0 Å². The number of nitrogens with zero attached hydrogens (tertiary/aromatic N) is 5. The summed E-state index contributed by atoms with van der Waals surface area (Å²) in [6, 6.07) is 6.02. The predicted octanol–water partition coefficient (Wildman–Crippen LogP) is 3.95. The van der Waals surface area contributed by atoms with E-state index in [0.29, 0.717) is 17.5 Å². The van der Waals surface area contributed by atoms with Crippen LogP contribution >= 0.6 is 34.4 Å². The standard InChI is InChI=1S/C14H11N5OS3/c1-19-13(10-3-2-5-22-10)16-17-14(19)23-8-11-15-12(18-20-11)9-4-6-21-7-9/h2-7H,8H2,1H3. The largest absolute Gasteiger partial charge is 0.338 e. The summed E-state index contributed by atoms with van der Waals surface area (Å²) < 4.78 is 7.28. The van der Waals surface area contributed by atoms with E-state index >= 15 is 0 Å². The van der Waals surface area contributed by atoms with Gasteiger partial charge < -0.3 is 9.09 Å². The van der Waals surface area contributed by atoms with E-state index in [0.717, 1.165) is 21.4 Å². The van der Waals surface area contributed by atoms with Gasteiger partial charge in [-0.15, -0.1) is 21.5 Å². The van der Waals surface area contributed by atoms with Crippen molar-refractivity contribution in [2.75, 3.05) is 0 Å². The van der Waals surface area contributed by atoms with E-state index in [1.54, 1.807) is 22.7 Å². The average Bonchev–Trinajstić information content (AvgIpc) is 3.33. The zero-order valence-corrected chi connectivity index (χ0v) is 14.5. The molecule has 0 aliphatic carbocycles. The number of hydrogen-bond acceptors (Lipinski definition) is 8. The van der Waals surface area contributed by atoms with Gasteiger partial charge in [-0.25, -0.2) is 0 Å². The van der Waals surface area contributed by atoms with Gasteiger partial charge in [0.15, 0.2) is 11.0 Å². The van der Waals surface area contributed by atoms with Gasteiger partial charge in [-0.2, -0.15) is 16.3 Å². The zero-order chi connectivity index (χ0) is 15.6. The molecule has 23 heavy (non-hydrogen) atoms. The van der Waals surface area contributed by atoms with Crippen molar-refractivity contribution >= 4 is 34.4 Å². The van der Waals surface area contributed by atoms with Crippen molar-refractivity contribution in [1.82, 2.24) is 24.9 Å². The van der Waals surface area contributed by atoms with Gasteiger partial charge in [-0.05, 0) is 22.9 Å². The fraction of sp³-hybridized carbons (Fsp3) is 0.143. The highest BCUT2D eigenvalue weighted by molar-refractivity contribution is 7.98. The van der Waals surface area contributed by atoms with Crippen molar-refractivity contribution in [3.63, 3.8) is 0 Å². The predicted molar refractivity (Wildman–Crippen MR) is 91.5 cm³/mol. The Hall–Kier alpha value is -1.97. The summed E-state index contributed by atoms with van der Waals surface area (Å²) in [5.41, 5.74) is 0.980. The molecular formula is C14H11N5OS3. The van der Waals surface area contributed by atoms with Crippen molar-refractivity contribution < 1.29 is 4.52 Å². The summed E-state index contributed by atoms with van der Waals surface area (Å²) in [5.74, 6) is 2.64. The minimum absolute atomic E-state index is 0.563. The first-order valence-corrected chi connectivity index (χ1v) is 9.53. The monoisotopic (exact) mass is 361 g/mol. The molecule has 9 heteroatoms. The van der Waals surface area contributed by atoms with Gasteiger partial charge in [0.1, 0.15) is 0 Å². The average molecular weight is 361 g/mol. The summed E-state index contributed by atoms with van der Waals surface area (Å²) in [4.78, 5) is 5.51. The van der Waals surface area contributed by atoms with Gasteiger partial charge in [0.25, 0.3) is 0 Å². The van der Waals surface area contributed by atoms with Crippen molar-refractivity contribution in [2.45, 2.75) is 10.9 Å². The van der Waals surface area contributed by atoms with Crippen LogP contribution in [-0.4, -0.2) is 24.9 Å². The molecule has 0 unspecified atom stereocenters. The third-order valence-corrected chi connectivity index (χ3v) is 5.70. The molecule has 4 aromatic heterocycles. The van der Waals surface area contributed by atoms with Crippen LogP contribution in [0, 0.1) is 0 Å². The smallest absolute Gasteiger partial charge is 0.237 e. The van der Waals surface area contributed by atoms with E-state index in [4.69, 9.17) is 4.52 Å². The molecule has 0 saturated carbocycles. The number of thioether (sulfide) groups is 1. The van der Waals surface area contributed by atoms with Gasteiger partial charge in [0.05, 0.1) is 10.6 Å². The number of thiophene rings is 2. The molecule has 6 nitrogen and oxygen atoms in total. The Kier molecular flexibility index (Phi) is 3.98. The van der Waals surface area contributed by atoms with Crippen LogP contribution in [0.3, 0.4) is 0 Å². The van der Waals surface area contributed by atoms with Crippen LogP contribution < -0.4 is 0 Å². The van der Waals surface area contributed by atoms with Crippen LogP contribution in [0.5, 0.6) is 0 Å². The Bertz CT molecular complexity index is 895. The molecule has 116 valence electrons. The van der Waals surface area contributed by atoms with Crippen molar-refractivity contribution in [3.05, 3.63) is 40.2 Å². The molecule has 0 fully saturated rings. The zero-order valence-electron chi connectivity index (χ0n) is 12.0. The van der Waals surface area contributed by atoms with Crippen molar-refractivity contribution in [1.29, 1.82) is 0 Å². The molecule has 0 amide bonds. The fourth-order valence-corrected chi connectivity index (χ4v) is 4.14. The third-order valence-electron chi connectivity index (χ3n) is 3.15. The summed E-state index contributed by atoms with van der Waals surface area (Å²) in [7, 11) is 1.96. The normalized spacial score (nSPS) is 11.2. The molecule has 0 bridgehead atoms. The van der Waals surface area contributed by atoms with Gasteiger partial charge in [-0.1, -0.05) is 23.0 Å². The second-order valence-corrected chi connectivity index (χ2v) is 7.33. The van der Waals surface area contributed by atoms with Crippen molar-refractivity contribution in [3.8, 4) is 22.1 Å². The molecule has 0 saturated heterocycles. The van der Waals surface area contributed by atoms with Gasteiger partial charge in [0.2, 0.25) is 11.7 Å². The Morgan fingerprint density at radius 2 is 2.22 bits per heavy atom. The van der Waals surface area contributed by atoms with E-state index in [1.165, 1.54) is 11.8 Å². The number of hydrogen-bond donors (Lipinski definition) is 0. The SMILES string of the molecule is Cn1c(SCc2nc(-c3ccsc3)no2)nnc1-c1cccs1. The summed E-state index contributed by atoms with van der Waals surface area (Å²) in [5, 5.41) is 19.3. The first kappa shape index (κ1) is 14.6. The minimum Gasteiger partial charge on any atom is -0.338 e. The summed E-state index contributed by atoms with van der Waals surface area (Å²) in [6.07, 6.45) is 0. The van der Waals surface area contributed by atoms with Crippen LogP contribution in [0.15, 0.2) is 44.0 Å². The molecule has 0 radical (unpaired) electrons. The lowest BCUT2D eigenvalue weighted by Gasteiger charge is -2.00. The lowest BCUT2D eigenvalue weighted by atomic mass is 10.3. The molecule has 4 heterocycles. The highest BCUT2D eigenvalue weighted by atomic mass is 32.2. The molecule has 0 atom stereocenters. The van der Waals surface area contributed by atoms with Crippen molar-refractivity contribution in [2.24, 2.45) is 7.05 Å². The van der Waals surface area contributed by atoms with Gasteiger partial charge in [0, 0.05) is 18.0 Å². The highest BCUT2D eigenvalue weighted by Gasteiger charge is 2.14. The molecule has 4 rings (SSSR count). The minimum atomic E-state index is 0.563. The fourth-order valence-electron chi connectivity index (χ4n) is 2.01. The van der Waals surface area contributed by atoms with E-state index in [-0.39, 0.29) is 0 Å². The lowest BCUT2D eigenvalue weighted by molar-refractivity contribution is 0.391. The number of aromatic nitrogens is 5. The Morgan fingerprint density at radius 1 is 1.26 bits per heavy atom. The van der Waals surface area contributed by atoms with E-state index in [2.05, 4.69) is 20.3 Å². The Morgan fingerprint density at radius 3 is 3.00 bits per heavy atom. The molecule has 0 aliphatic heterocycles. The van der Waals surface area contributed by atoms with Gasteiger partial charge in [-0.3, -0.25) is 0 Å². The van der Waals surface area contributed by atoms with E-state index in [1.807, 2.05) is 46.0 Å². The summed E-state index contributed by atoms with van der Waals surface area (Å²) in [6.45, 7) is 0. The van der Waals surface area contributed by atoms with Crippen LogP contribution in [0.25, 0.3) is 22.1 Å². The summed E-state index contributed by atoms with van der Waals surface area (Å²) >= 11 is 4.79. The molecular weight excluding hydrogens is 350 g/mol. The Labute approximate surface area is 144 Å². The highest BCUT2D eigenvalue weighted by Crippen LogP contribution is 2.28. The van der Waals surface area contributed by atoms with E-state index < -0.39 is 0 Å². The van der Waals surface area contributed by atoms with Crippen LogP contribution in [0.2, 0.25) is 0 Å². The molecule has 4 aromatic rings. The van der Waals surface area contributed by atoms with Gasteiger partial charge >= 0.3 is 0 Å². The maximum atomic E-state index is 5.30. The first-order valence-electron chi connectivity index (χ1n) is 6.72. The molecule has 0 aromatic carbocycles. The maximum absolute atomic E-state index is 5.30. The third kappa shape index (κ3) is 2.94. The topological polar surface area (TPSA) is 69.6 Å². The second-order valence-electron chi connectivity index (χ2n) is 4.65. The second kappa shape index (κ2) is 6.26. The molecule has 0 N–H and O–H groups in total. The van der Waals surface area contributed by atoms with Crippen LogP contribution in [0.4, 0.5) is 0 Å².